The summed E-state index contributed by atoms with van der Waals surface area (Å²) in [4.78, 5) is 55.3. The van der Waals surface area contributed by atoms with Gasteiger partial charge in [0.05, 0.1) is 14.2 Å². The van der Waals surface area contributed by atoms with E-state index in [4.69, 9.17) is 9.47 Å². The number of hydrogen-bond donors (Lipinski definition) is 0. The summed E-state index contributed by atoms with van der Waals surface area (Å²) in [6.07, 6.45) is 0. The lowest BCUT2D eigenvalue weighted by molar-refractivity contribution is -0.249. The molecule has 0 saturated heterocycles. The first-order valence-electron chi connectivity index (χ1n) is 7.76. The predicted molar refractivity (Wildman–Crippen MR) is 112 cm³/mol. The first-order valence-corrected chi connectivity index (χ1v) is 7.76. The van der Waals surface area contributed by atoms with Crippen molar-refractivity contribution in [1.82, 2.24) is 0 Å². The summed E-state index contributed by atoms with van der Waals surface area (Å²) in [5.41, 5.74) is 0.0154. The zero-order valence-corrected chi connectivity index (χ0v) is 15.3. The molecule has 2 aromatic rings. The zero-order valence-electron chi connectivity index (χ0n) is 15.3. The standard InChI is InChI=1S/C18H14O8.C2H4.2CH4/c1-23-13-7-3-11(4-8-13)15(19)17(21)25-26-18(22)16(20)12-5-9-14(24-2)10-6-12;1-2;;/h3-10H,1-2H3;1-2H2;2*1H4. The Balaban J connectivity index is 0. The Morgan fingerprint density at radius 1 is 0.600 bits per heavy atom. The van der Waals surface area contributed by atoms with Gasteiger partial charge in [-0.1, -0.05) is 14.9 Å². The van der Waals surface area contributed by atoms with Gasteiger partial charge < -0.3 is 9.47 Å². The van der Waals surface area contributed by atoms with Crippen LogP contribution in [0, 0.1) is 0 Å². The molecule has 0 amide bonds. The monoisotopic (exact) mass is 418 g/mol. The lowest BCUT2D eigenvalue weighted by atomic mass is 10.1. The molecule has 0 aromatic heterocycles. The molecule has 8 heteroatoms. The molecule has 0 unspecified atom stereocenters. The molecule has 162 valence electrons. The Bertz CT molecular complexity index is 767. The Morgan fingerprint density at radius 2 is 0.867 bits per heavy atom. The first-order chi connectivity index (χ1) is 13.5. The van der Waals surface area contributed by atoms with Crippen molar-refractivity contribution in [3.8, 4) is 11.5 Å². The number of carbonyl (C=O) groups excluding carboxylic acids is 4. The molecule has 2 rings (SSSR count). The van der Waals surface area contributed by atoms with Gasteiger partial charge in [0, 0.05) is 11.1 Å². The SMILES string of the molecule is C.C.C=C.COc1ccc(C(=O)C(=O)OOC(=O)C(=O)c2ccc(OC)cc2)cc1. The Labute approximate surface area is 175 Å². The van der Waals surface area contributed by atoms with Gasteiger partial charge in [-0.3, -0.25) is 9.59 Å². The largest absolute Gasteiger partial charge is 0.497 e. The van der Waals surface area contributed by atoms with Gasteiger partial charge in [-0.2, -0.15) is 0 Å². The minimum atomic E-state index is -1.44. The average molecular weight is 418 g/mol. The normalized spacial score (nSPS) is 8.60. The number of ether oxygens (including phenoxy) is 2. The molecule has 0 bridgehead atoms. The van der Waals surface area contributed by atoms with Crippen molar-refractivity contribution >= 4 is 23.5 Å². The summed E-state index contributed by atoms with van der Waals surface area (Å²) in [5.74, 6) is -3.98. The molecule has 0 atom stereocenters. The molecule has 2 aromatic carbocycles. The van der Waals surface area contributed by atoms with Crippen LogP contribution >= 0.6 is 0 Å². The summed E-state index contributed by atoms with van der Waals surface area (Å²) in [7, 11) is 2.90. The van der Waals surface area contributed by atoms with E-state index in [1.807, 2.05) is 0 Å². The molecule has 0 aliphatic carbocycles. The van der Waals surface area contributed by atoms with E-state index in [0.29, 0.717) is 11.5 Å². The minimum absolute atomic E-state index is 0. The van der Waals surface area contributed by atoms with Gasteiger partial charge in [-0.25, -0.2) is 19.4 Å². The first kappa shape index (κ1) is 28.3. The molecule has 0 N–H and O–H groups in total. The Kier molecular flexibility index (Phi) is 13.3. The van der Waals surface area contributed by atoms with E-state index in [1.165, 1.54) is 62.8 Å². The van der Waals surface area contributed by atoms with E-state index >= 15 is 0 Å². The third-order valence-electron chi connectivity index (χ3n) is 3.27. The lowest BCUT2D eigenvalue weighted by Gasteiger charge is -2.04. The van der Waals surface area contributed by atoms with Crippen molar-refractivity contribution in [1.29, 1.82) is 0 Å². The average Bonchev–Trinajstić information content (AvgIpc) is 2.77. The fourth-order valence-electron chi connectivity index (χ4n) is 1.87. The third-order valence-corrected chi connectivity index (χ3v) is 3.27. The Morgan fingerprint density at radius 3 is 1.10 bits per heavy atom. The summed E-state index contributed by atoms with van der Waals surface area (Å²) < 4.78 is 9.86. The van der Waals surface area contributed by atoms with Gasteiger partial charge in [0.2, 0.25) is 0 Å². The number of Topliss-reactive ketones (excluding diaryl/α,β-unsaturated/α-hetero) is 2. The minimum Gasteiger partial charge on any atom is -0.497 e. The fraction of sp³-hybridized carbons (Fsp3) is 0.182. The predicted octanol–water partition coefficient (Wildman–Crippen LogP) is 3.85. The van der Waals surface area contributed by atoms with Gasteiger partial charge in [0.15, 0.2) is 0 Å². The fourth-order valence-corrected chi connectivity index (χ4v) is 1.87. The molecule has 0 radical (unpaired) electrons. The van der Waals surface area contributed by atoms with E-state index in [0.717, 1.165) is 0 Å². The molecular formula is C22H26O8. The van der Waals surface area contributed by atoms with E-state index in [1.54, 1.807) is 0 Å². The number of rotatable bonds is 6. The maximum Gasteiger partial charge on any atom is 0.426 e. The van der Waals surface area contributed by atoms with E-state index < -0.39 is 23.5 Å². The zero-order chi connectivity index (χ0) is 21.1. The van der Waals surface area contributed by atoms with Crippen molar-refractivity contribution in [3.05, 3.63) is 72.8 Å². The van der Waals surface area contributed by atoms with Crippen LogP contribution in [0.4, 0.5) is 0 Å². The maximum absolute atomic E-state index is 11.9. The molecule has 0 aliphatic heterocycles. The van der Waals surface area contributed by atoms with Crippen LogP contribution in [-0.2, 0) is 19.4 Å². The molecule has 0 spiro atoms. The van der Waals surface area contributed by atoms with Crippen molar-refractivity contribution in [2.75, 3.05) is 14.2 Å². The van der Waals surface area contributed by atoms with Gasteiger partial charge >= 0.3 is 11.9 Å². The molecule has 0 heterocycles. The highest BCUT2D eigenvalue weighted by atomic mass is 17.2. The molecular weight excluding hydrogens is 392 g/mol. The maximum atomic E-state index is 11.9. The second kappa shape index (κ2) is 14.1. The quantitative estimate of drug-likeness (QED) is 0.229. The van der Waals surface area contributed by atoms with Crippen LogP contribution in [0.5, 0.6) is 11.5 Å². The highest BCUT2D eigenvalue weighted by Crippen LogP contribution is 2.13. The van der Waals surface area contributed by atoms with E-state index in [-0.39, 0.29) is 26.0 Å². The molecule has 0 fully saturated rings. The number of methoxy groups -OCH3 is 2. The third kappa shape index (κ3) is 7.59. The summed E-state index contributed by atoms with van der Waals surface area (Å²) in [6, 6.07) is 11.2. The van der Waals surface area contributed by atoms with Gasteiger partial charge in [-0.15, -0.1) is 13.2 Å². The van der Waals surface area contributed by atoms with E-state index in [2.05, 4.69) is 22.9 Å². The van der Waals surface area contributed by atoms with Crippen molar-refractivity contribution in [2.24, 2.45) is 0 Å². The van der Waals surface area contributed by atoms with Crippen LogP contribution in [0.1, 0.15) is 35.6 Å². The number of carbonyl (C=O) groups is 4. The van der Waals surface area contributed by atoms with Crippen LogP contribution in [0.15, 0.2) is 61.7 Å². The lowest BCUT2D eigenvalue weighted by Crippen LogP contribution is -2.24. The van der Waals surface area contributed by atoms with Crippen LogP contribution in [0.25, 0.3) is 0 Å². The highest BCUT2D eigenvalue weighted by Gasteiger charge is 2.25. The van der Waals surface area contributed by atoms with Crippen LogP contribution in [0.3, 0.4) is 0 Å². The number of hydrogen-bond acceptors (Lipinski definition) is 8. The van der Waals surface area contributed by atoms with Crippen LogP contribution in [0.2, 0.25) is 0 Å². The van der Waals surface area contributed by atoms with Crippen molar-refractivity contribution in [2.45, 2.75) is 14.9 Å². The smallest absolute Gasteiger partial charge is 0.426 e. The number of ketones is 2. The number of benzene rings is 2. The summed E-state index contributed by atoms with van der Waals surface area (Å²) in [6.45, 7) is 6.00. The summed E-state index contributed by atoms with van der Waals surface area (Å²) >= 11 is 0. The van der Waals surface area contributed by atoms with Gasteiger partial charge in [-0.05, 0) is 48.5 Å². The van der Waals surface area contributed by atoms with Crippen LogP contribution < -0.4 is 9.47 Å². The topological polar surface area (TPSA) is 105 Å². The van der Waals surface area contributed by atoms with Crippen molar-refractivity contribution in [3.63, 3.8) is 0 Å². The highest BCUT2D eigenvalue weighted by molar-refractivity contribution is 6.42. The van der Waals surface area contributed by atoms with E-state index in [9.17, 15) is 19.2 Å². The van der Waals surface area contributed by atoms with Gasteiger partial charge in [0.1, 0.15) is 11.5 Å². The Hall–Kier alpha value is -3.94. The second-order valence-electron chi connectivity index (χ2n) is 4.86. The second-order valence-corrected chi connectivity index (χ2v) is 4.86. The molecule has 0 aliphatic rings. The molecule has 30 heavy (non-hydrogen) atoms. The van der Waals surface area contributed by atoms with Crippen LogP contribution in [-0.4, -0.2) is 37.7 Å². The molecule has 0 saturated carbocycles. The van der Waals surface area contributed by atoms with Crippen molar-refractivity contribution < 1.29 is 38.4 Å². The molecule has 8 nitrogen and oxygen atoms in total. The summed E-state index contributed by atoms with van der Waals surface area (Å²) in [5, 5.41) is 0. The van der Waals surface area contributed by atoms with Gasteiger partial charge in [0.25, 0.3) is 11.6 Å².